The first-order valence-electron chi connectivity index (χ1n) is 6.78. The van der Waals surface area contributed by atoms with Crippen molar-refractivity contribution in [3.8, 4) is 0 Å². The molecular weight excluding hydrogens is 320 g/mol. The summed E-state index contributed by atoms with van der Waals surface area (Å²) in [7, 11) is 0. The molecule has 0 radical (unpaired) electrons. The van der Waals surface area contributed by atoms with Gasteiger partial charge in [-0.05, 0) is 19.9 Å². The van der Waals surface area contributed by atoms with Crippen LogP contribution in [-0.2, 0) is 9.53 Å². The molecule has 0 saturated carbocycles. The van der Waals surface area contributed by atoms with Gasteiger partial charge in [0.2, 0.25) is 5.88 Å². The molecule has 126 valence electrons. The minimum absolute atomic E-state index is 0.00364. The second kappa shape index (κ2) is 6.77. The van der Waals surface area contributed by atoms with Crippen molar-refractivity contribution in [3.63, 3.8) is 0 Å². The third kappa shape index (κ3) is 3.48. The number of para-hydroxylation sites is 2. The van der Waals surface area contributed by atoms with Gasteiger partial charge in [-0.2, -0.15) is 0 Å². The molecule has 10 heteroatoms. The molecule has 0 saturated heterocycles. The van der Waals surface area contributed by atoms with E-state index in [1.54, 1.807) is 0 Å². The van der Waals surface area contributed by atoms with Gasteiger partial charge >= 0.3 is 5.97 Å². The number of hydrogen-bond donors (Lipinski definition) is 2. The molecule has 3 N–H and O–H groups in total. The number of anilines is 2. The van der Waals surface area contributed by atoms with Crippen LogP contribution in [-0.4, -0.2) is 28.1 Å². The number of nitrogens with two attached hydrogens (primary N) is 1. The zero-order chi connectivity index (χ0) is 17.9. The summed E-state index contributed by atoms with van der Waals surface area (Å²) in [6.45, 7) is 2.82. The fourth-order valence-corrected chi connectivity index (χ4v) is 1.88. The third-order valence-corrected chi connectivity index (χ3v) is 3.10. The lowest BCUT2D eigenvalue weighted by Crippen LogP contribution is -2.30. The summed E-state index contributed by atoms with van der Waals surface area (Å²) in [6.07, 6.45) is -1.22. The summed E-state index contributed by atoms with van der Waals surface area (Å²) in [4.78, 5) is 34.4. The van der Waals surface area contributed by atoms with E-state index in [0.29, 0.717) is 0 Å². The monoisotopic (exact) mass is 334 g/mol. The van der Waals surface area contributed by atoms with Crippen LogP contribution >= 0.6 is 0 Å². The molecule has 1 heterocycles. The highest BCUT2D eigenvalue weighted by Crippen LogP contribution is 2.23. The van der Waals surface area contributed by atoms with Crippen LogP contribution < -0.4 is 11.1 Å². The molecule has 1 aromatic carbocycles. The molecule has 1 atom stereocenters. The number of nitro groups is 1. The molecule has 1 aromatic heterocycles. The smallest absolute Gasteiger partial charge is 0.346 e. The number of carbonyl (C=O) groups excluding carboxylic acids is 2. The molecule has 2 rings (SSSR count). The topological polar surface area (TPSA) is 151 Å². The van der Waals surface area contributed by atoms with Gasteiger partial charge < -0.3 is 20.3 Å². The second-order valence-corrected chi connectivity index (χ2v) is 4.82. The Morgan fingerprint density at radius 3 is 2.67 bits per heavy atom. The maximum absolute atomic E-state index is 12.1. The van der Waals surface area contributed by atoms with Crippen molar-refractivity contribution >= 4 is 29.1 Å². The lowest BCUT2D eigenvalue weighted by atomic mass is 10.2. The van der Waals surface area contributed by atoms with E-state index in [4.69, 9.17) is 10.5 Å². The van der Waals surface area contributed by atoms with E-state index in [1.807, 2.05) is 0 Å². The molecular formula is C14H14N4O6. The van der Waals surface area contributed by atoms with Crippen molar-refractivity contribution in [2.45, 2.75) is 20.0 Å². The van der Waals surface area contributed by atoms with Crippen molar-refractivity contribution in [1.82, 2.24) is 5.16 Å². The highest BCUT2D eigenvalue weighted by molar-refractivity contribution is 6.00. The van der Waals surface area contributed by atoms with Crippen molar-refractivity contribution in [3.05, 3.63) is 45.6 Å². The Bertz CT molecular complexity index is 781. The van der Waals surface area contributed by atoms with Gasteiger partial charge in [-0.15, -0.1) is 0 Å². The van der Waals surface area contributed by atoms with Crippen LogP contribution in [0.25, 0.3) is 0 Å². The highest BCUT2D eigenvalue weighted by atomic mass is 16.6. The zero-order valence-electron chi connectivity index (χ0n) is 12.8. The van der Waals surface area contributed by atoms with Crippen LogP contribution in [0.1, 0.15) is 23.0 Å². The minimum Gasteiger partial charge on any atom is -0.449 e. The van der Waals surface area contributed by atoms with Crippen molar-refractivity contribution < 1.29 is 23.8 Å². The largest absolute Gasteiger partial charge is 0.449 e. The zero-order valence-corrected chi connectivity index (χ0v) is 12.8. The predicted octanol–water partition coefficient (Wildman–Crippen LogP) is 1.66. The number of aromatic nitrogens is 1. The Labute approximate surface area is 135 Å². The first-order valence-corrected chi connectivity index (χ1v) is 6.78. The molecule has 2 aromatic rings. The summed E-state index contributed by atoms with van der Waals surface area (Å²) in [5, 5.41) is 16.8. The Morgan fingerprint density at radius 2 is 2.08 bits per heavy atom. The average Bonchev–Trinajstić information content (AvgIpc) is 2.86. The lowest BCUT2D eigenvalue weighted by molar-refractivity contribution is -0.383. The summed E-state index contributed by atoms with van der Waals surface area (Å²) in [5.41, 5.74) is 5.34. The predicted molar refractivity (Wildman–Crippen MR) is 82.3 cm³/mol. The van der Waals surface area contributed by atoms with Gasteiger partial charge in [-0.3, -0.25) is 14.9 Å². The fraction of sp³-hybridized carbons (Fsp3) is 0.214. The van der Waals surface area contributed by atoms with Gasteiger partial charge in [0.15, 0.2) is 6.10 Å². The number of ether oxygens (including phenoxy) is 1. The number of carbonyl (C=O) groups is 2. The average molecular weight is 334 g/mol. The number of rotatable bonds is 5. The van der Waals surface area contributed by atoms with E-state index >= 15 is 0 Å². The summed E-state index contributed by atoms with van der Waals surface area (Å²) >= 11 is 0. The SMILES string of the molecule is Cc1noc(N)c1C(=O)OC(C)C(=O)Nc1ccccc1[N+](=O)[O-]. The Balaban J connectivity index is 2.08. The quantitative estimate of drug-likeness (QED) is 0.476. The van der Waals surface area contributed by atoms with E-state index in [0.717, 1.165) is 0 Å². The molecule has 0 aliphatic heterocycles. The summed E-state index contributed by atoms with van der Waals surface area (Å²) in [6, 6.07) is 5.61. The van der Waals surface area contributed by atoms with Crippen LogP contribution in [0.2, 0.25) is 0 Å². The molecule has 24 heavy (non-hydrogen) atoms. The van der Waals surface area contributed by atoms with Gasteiger partial charge in [0.05, 0.1) is 10.6 Å². The number of aryl methyl sites for hydroxylation is 1. The van der Waals surface area contributed by atoms with Gasteiger partial charge in [-0.1, -0.05) is 17.3 Å². The van der Waals surface area contributed by atoms with Gasteiger partial charge in [-0.25, -0.2) is 4.79 Å². The maximum atomic E-state index is 12.1. The molecule has 0 aliphatic carbocycles. The summed E-state index contributed by atoms with van der Waals surface area (Å²) in [5.74, 6) is -1.83. The second-order valence-electron chi connectivity index (χ2n) is 4.82. The van der Waals surface area contributed by atoms with E-state index in [-0.39, 0.29) is 28.5 Å². The molecule has 0 fully saturated rings. The first kappa shape index (κ1) is 16.9. The van der Waals surface area contributed by atoms with E-state index in [2.05, 4.69) is 15.0 Å². The number of benzene rings is 1. The third-order valence-electron chi connectivity index (χ3n) is 3.10. The molecule has 10 nitrogen and oxygen atoms in total. The van der Waals surface area contributed by atoms with Gasteiger partial charge in [0, 0.05) is 6.07 Å². The number of amides is 1. The Morgan fingerprint density at radius 1 is 1.42 bits per heavy atom. The van der Waals surface area contributed by atoms with E-state index < -0.39 is 22.9 Å². The van der Waals surface area contributed by atoms with Gasteiger partial charge in [0.1, 0.15) is 11.3 Å². The van der Waals surface area contributed by atoms with Crippen molar-refractivity contribution in [2.75, 3.05) is 11.1 Å². The van der Waals surface area contributed by atoms with Crippen LogP contribution in [0.4, 0.5) is 17.3 Å². The van der Waals surface area contributed by atoms with Crippen LogP contribution in [0.3, 0.4) is 0 Å². The highest BCUT2D eigenvalue weighted by Gasteiger charge is 2.26. The number of nitrogens with one attached hydrogen (secondary N) is 1. The van der Waals surface area contributed by atoms with E-state index in [1.165, 1.54) is 38.1 Å². The van der Waals surface area contributed by atoms with Crippen molar-refractivity contribution in [1.29, 1.82) is 0 Å². The lowest BCUT2D eigenvalue weighted by Gasteiger charge is -2.13. The Hall–Kier alpha value is -3.43. The number of nitro benzene ring substituents is 1. The number of nitrogens with zero attached hydrogens (tertiary/aromatic N) is 2. The number of esters is 1. The summed E-state index contributed by atoms with van der Waals surface area (Å²) < 4.78 is 9.64. The van der Waals surface area contributed by atoms with Crippen molar-refractivity contribution in [2.24, 2.45) is 0 Å². The molecule has 1 unspecified atom stereocenters. The van der Waals surface area contributed by atoms with Gasteiger partial charge in [0.25, 0.3) is 11.6 Å². The fourth-order valence-electron chi connectivity index (χ4n) is 1.88. The minimum atomic E-state index is -1.22. The normalized spacial score (nSPS) is 11.6. The van der Waals surface area contributed by atoms with Crippen LogP contribution in [0.15, 0.2) is 28.8 Å². The molecule has 0 spiro atoms. The number of hydrogen-bond acceptors (Lipinski definition) is 8. The standard InChI is InChI=1S/C14H14N4O6/c1-7-11(12(15)24-17-7)14(20)23-8(2)13(19)16-9-5-3-4-6-10(9)18(21)22/h3-6,8H,15H2,1-2H3,(H,16,19). The maximum Gasteiger partial charge on any atom is 0.346 e. The first-order chi connectivity index (χ1) is 11.3. The Kier molecular flexibility index (Phi) is 4.78. The van der Waals surface area contributed by atoms with Crippen LogP contribution in [0.5, 0.6) is 0 Å². The number of nitrogen functional groups attached to an aromatic ring is 1. The molecule has 1 amide bonds. The molecule has 0 bridgehead atoms. The molecule has 0 aliphatic rings. The van der Waals surface area contributed by atoms with Crippen LogP contribution in [0, 0.1) is 17.0 Å². The van der Waals surface area contributed by atoms with E-state index in [9.17, 15) is 19.7 Å².